The van der Waals surface area contributed by atoms with Gasteiger partial charge in [-0.1, -0.05) is 19.1 Å². The molecule has 1 aromatic carbocycles. The number of ether oxygens (including phenoxy) is 2. The molecule has 1 unspecified atom stereocenters. The fourth-order valence-corrected chi connectivity index (χ4v) is 3.85. The van der Waals surface area contributed by atoms with Gasteiger partial charge in [-0.15, -0.1) is 0 Å². The minimum Gasteiger partial charge on any atom is -0.492 e. The highest BCUT2D eigenvalue weighted by atomic mass is 16.5. The quantitative estimate of drug-likeness (QED) is 0.663. The fraction of sp³-hybridized carbons (Fsp3) is 0.409. The first-order chi connectivity index (χ1) is 13.1. The molecule has 1 fully saturated rings. The predicted molar refractivity (Wildman–Crippen MR) is 108 cm³/mol. The maximum Gasteiger partial charge on any atom is 0.213 e. The van der Waals surface area contributed by atoms with E-state index in [0.717, 1.165) is 41.3 Å². The molecule has 5 nitrogen and oxygen atoms in total. The number of hydrogen-bond donors (Lipinski definition) is 0. The molecule has 0 N–H and O–H groups in total. The summed E-state index contributed by atoms with van der Waals surface area (Å²) in [4.78, 5) is 6.79. The Morgan fingerprint density at radius 1 is 1.22 bits per heavy atom. The number of nitrogens with zero attached hydrogens (tertiary/aromatic N) is 3. The van der Waals surface area contributed by atoms with Crippen LogP contribution in [0.15, 0.2) is 42.7 Å². The highest BCUT2D eigenvalue weighted by Gasteiger charge is 2.18. The molecular weight excluding hydrogens is 338 g/mol. The Balaban J connectivity index is 1.46. The van der Waals surface area contributed by atoms with Gasteiger partial charge in [0.15, 0.2) is 0 Å². The number of likely N-dealkylation sites (tertiary alicyclic amines) is 1. The summed E-state index contributed by atoms with van der Waals surface area (Å²) < 4.78 is 13.3. The smallest absolute Gasteiger partial charge is 0.213 e. The Bertz CT molecular complexity index is 917. The van der Waals surface area contributed by atoms with Gasteiger partial charge in [-0.3, -0.25) is 4.90 Å². The van der Waals surface area contributed by atoms with Crippen LogP contribution in [0.5, 0.6) is 11.6 Å². The molecule has 1 saturated heterocycles. The third-order valence-corrected chi connectivity index (χ3v) is 5.41. The summed E-state index contributed by atoms with van der Waals surface area (Å²) in [6.45, 7) is 6.45. The maximum absolute atomic E-state index is 5.95. The van der Waals surface area contributed by atoms with Gasteiger partial charge in [0.2, 0.25) is 5.88 Å². The second kappa shape index (κ2) is 7.61. The number of benzene rings is 1. The van der Waals surface area contributed by atoms with Crippen molar-refractivity contribution in [2.45, 2.75) is 13.3 Å². The second-order valence-corrected chi connectivity index (χ2v) is 7.46. The fourth-order valence-electron chi connectivity index (χ4n) is 3.85. The molecule has 1 aliphatic rings. The molecule has 0 bridgehead atoms. The zero-order chi connectivity index (χ0) is 18.8. The summed E-state index contributed by atoms with van der Waals surface area (Å²) in [6, 6.07) is 10.3. The van der Waals surface area contributed by atoms with Crippen LogP contribution in [0.3, 0.4) is 0 Å². The number of hydrogen-bond acceptors (Lipinski definition) is 4. The van der Waals surface area contributed by atoms with E-state index in [2.05, 4.69) is 51.8 Å². The highest BCUT2D eigenvalue weighted by Crippen LogP contribution is 2.32. The number of rotatable bonds is 6. The molecule has 3 aromatic rings. The molecule has 2 aromatic heterocycles. The molecule has 0 radical (unpaired) electrons. The summed E-state index contributed by atoms with van der Waals surface area (Å²) in [5.41, 5.74) is 3.42. The number of methoxy groups -OCH3 is 1. The lowest BCUT2D eigenvalue weighted by Gasteiger charge is -2.15. The monoisotopic (exact) mass is 365 g/mol. The average Bonchev–Trinajstić information content (AvgIpc) is 3.25. The Morgan fingerprint density at radius 2 is 2.04 bits per heavy atom. The van der Waals surface area contributed by atoms with Crippen LogP contribution in [0.1, 0.15) is 13.3 Å². The van der Waals surface area contributed by atoms with Gasteiger partial charge in [0.05, 0.1) is 18.8 Å². The third kappa shape index (κ3) is 3.78. The van der Waals surface area contributed by atoms with Crippen LogP contribution in [-0.2, 0) is 7.05 Å². The summed E-state index contributed by atoms with van der Waals surface area (Å²) >= 11 is 0. The Morgan fingerprint density at radius 3 is 2.74 bits per heavy atom. The Hall–Kier alpha value is -2.53. The lowest BCUT2D eigenvalue weighted by molar-refractivity contribution is 0.234. The molecule has 5 heteroatoms. The lowest BCUT2D eigenvalue weighted by Crippen LogP contribution is -2.25. The van der Waals surface area contributed by atoms with Gasteiger partial charge in [-0.05, 0) is 36.6 Å². The van der Waals surface area contributed by atoms with Crippen molar-refractivity contribution in [3.8, 4) is 22.8 Å². The van der Waals surface area contributed by atoms with E-state index in [0.29, 0.717) is 5.88 Å². The van der Waals surface area contributed by atoms with Crippen LogP contribution in [-0.4, -0.2) is 47.8 Å². The van der Waals surface area contributed by atoms with E-state index in [1.54, 1.807) is 7.11 Å². The zero-order valence-electron chi connectivity index (χ0n) is 16.3. The first-order valence-electron chi connectivity index (χ1n) is 9.58. The summed E-state index contributed by atoms with van der Waals surface area (Å²) in [6.07, 6.45) is 5.30. The number of fused-ring (bicyclic) bond motifs is 1. The average molecular weight is 365 g/mol. The van der Waals surface area contributed by atoms with E-state index in [4.69, 9.17) is 9.47 Å². The third-order valence-electron chi connectivity index (χ3n) is 5.41. The van der Waals surface area contributed by atoms with Crippen molar-refractivity contribution < 1.29 is 9.47 Å². The van der Waals surface area contributed by atoms with Crippen molar-refractivity contribution in [3.63, 3.8) is 0 Å². The minimum atomic E-state index is 0.631. The molecule has 0 amide bonds. The maximum atomic E-state index is 5.95. The molecule has 0 saturated carbocycles. The number of aromatic nitrogens is 2. The summed E-state index contributed by atoms with van der Waals surface area (Å²) in [5, 5.41) is 1.14. The summed E-state index contributed by atoms with van der Waals surface area (Å²) in [7, 11) is 3.68. The van der Waals surface area contributed by atoms with Gasteiger partial charge >= 0.3 is 0 Å². The van der Waals surface area contributed by atoms with Gasteiger partial charge in [0, 0.05) is 43.4 Å². The van der Waals surface area contributed by atoms with Crippen molar-refractivity contribution >= 4 is 10.9 Å². The largest absolute Gasteiger partial charge is 0.492 e. The first-order valence-corrected chi connectivity index (χ1v) is 9.58. The standard InChI is InChI=1S/C22H27N3O2/c1-16-8-9-25(14-16)10-11-27-18-6-4-17(5-7-18)20-15-24(2)21-13-23-22(26-3)12-19(20)21/h4-7,12-13,15-16H,8-11,14H2,1-3H3. The van der Waals surface area contributed by atoms with Crippen molar-refractivity contribution in [2.75, 3.05) is 33.4 Å². The molecule has 27 heavy (non-hydrogen) atoms. The van der Waals surface area contributed by atoms with Crippen LogP contribution in [0, 0.1) is 5.92 Å². The van der Waals surface area contributed by atoms with Gasteiger partial charge in [0.25, 0.3) is 0 Å². The van der Waals surface area contributed by atoms with Gasteiger partial charge in [-0.25, -0.2) is 4.98 Å². The van der Waals surface area contributed by atoms with Gasteiger partial charge in [0.1, 0.15) is 12.4 Å². The van der Waals surface area contributed by atoms with E-state index in [-0.39, 0.29) is 0 Å². The molecular formula is C22H27N3O2. The van der Waals surface area contributed by atoms with Crippen LogP contribution in [0.2, 0.25) is 0 Å². The molecule has 4 rings (SSSR count). The van der Waals surface area contributed by atoms with Crippen molar-refractivity contribution in [2.24, 2.45) is 13.0 Å². The number of pyridine rings is 1. The molecule has 1 atom stereocenters. The highest BCUT2D eigenvalue weighted by molar-refractivity contribution is 5.96. The molecule has 142 valence electrons. The Kier molecular flexibility index (Phi) is 5.03. The SMILES string of the molecule is COc1cc2c(-c3ccc(OCCN4CCC(C)C4)cc3)cn(C)c2cn1. The van der Waals surface area contributed by atoms with Crippen LogP contribution >= 0.6 is 0 Å². The Labute approximate surface area is 160 Å². The van der Waals surface area contributed by atoms with Crippen molar-refractivity contribution in [1.82, 2.24) is 14.5 Å². The molecule has 0 aliphatic carbocycles. The van der Waals surface area contributed by atoms with Gasteiger partial charge < -0.3 is 14.0 Å². The van der Waals surface area contributed by atoms with Crippen LogP contribution in [0.25, 0.3) is 22.0 Å². The van der Waals surface area contributed by atoms with Crippen LogP contribution < -0.4 is 9.47 Å². The van der Waals surface area contributed by atoms with Crippen molar-refractivity contribution in [3.05, 3.63) is 42.7 Å². The zero-order valence-corrected chi connectivity index (χ0v) is 16.3. The van der Waals surface area contributed by atoms with E-state index in [9.17, 15) is 0 Å². The first kappa shape index (κ1) is 17.9. The summed E-state index contributed by atoms with van der Waals surface area (Å²) in [5.74, 6) is 2.37. The van der Waals surface area contributed by atoms with E-state index < -0.39 is 0 Å². The lowest BCUT2D eigenvalue weighted by atomic mass is 10.1. The molecule has 3 heterocycles. The van der Waals surface area contributed by atoms with Gasteiger partial charge in [-0.2, -0.15) is 0 Å². The minimum absolute atomic E-state index is 0.631. The van der Waals surface area contributed by atoms with E-state index >= 15 is 0 Å². The van der Waals surface area contributed by atoms with E-state index in [1.807, 2.05) is 19.3 Å². The topological polar surface area (TPSA) is 39.5 Å². The van der Waals surface area contributed by atoms with Crippen molar-refractivity contribution in [1.29, 1.82) is 0 Å². The van der Waals surface area contributed by atoms with Crippen LogP contribution in [0.4, 0.5) is 0 Å². The second-order valence-electron chi connectivity index (χ2n) is 7.46. The molecule has 1 aliphatic heterocycles. The molecule has 0 spiro atoms. The normalized spacial score (nSPS) is 17.5. The number of aryl methyl sites for hydroxylation is 1. The predicted octanol–water partition coefficient (Wildman–Crippen LogP) is 3.97. The van der Waals surface area contributed by atoms with E-state index in [1.165, 1.54) is 25.1 Å².